The lowest BCUT2D eigenvalue weighted by atomic mass is 9.77. The van der Waals surface area contributed by atoms with Gasteiger partial charge in [-0.2, -0.15) is 0 Å². The number of benzene rings is 6. The van der Waals surface area contributed by atoms with Gasteiger partial charge in [0.15, 0.2) is 0 Å². The molecule has 0 N–H and O–H groups in total. The van der Waals surface area contributed by atoms with Gasteiger partial charge in [-0.15, -0.1) is 11.8 Å². The fourth-order valence-corrected chi connectivity index (χ4v) is 8.24. The summed E-state index contributed by atoms with van der Waals surface area (Å²) in [6, 6.07) is 42.2. The second-order valence-corrected chi connectivity index (χ2v) is 15.0. The number of aryl methyl sites for hydroxylation is 1. The van der Waals surface area contributed by atoms with Crippen LogP contribution in [0.25, 0.3) is 50.4 Å². The molecular formula is C45H41BO2S. The molecule has 8 rings (SSSR count). The maximum absolute atomic E-state index is 6.63. The van der Waals surface area contributed by atoms with Crippen LogP contribution in [0.5, 0.6) is 0 Å². The lowest BCUT2D eigenvalue weighted by molar-refractivity contribution is 0.00578. The van der Waals surface area contributed by atoms with Crippen molar-refractivity contribution in [1.29, 1.82) is 0 Å². The maximum Gasteiger partial charge on any atom is 0.496 e. The van der Waals surface area contributed by atoms with Crippen molar-refractivity contribution in [2.24, 2.45) is 0 Å². The van der Waals surface area contributed by atoms with E-state index < -0.39 is 18.3 Å². The largest absolute Gasteiger partial charge is 0.496 e. The van der Waals surface area contributed by atoms with E-state index in [0.717, 1.165) is 18.3 Å². The molecule has 49 heavy (non-hydrogen) atoms. The van der Waals surface area contributed by atoms with E-state index in [-0.39, 0.29) is 0 Å². The molecular weight excluding hydrogens is 615 g/mol. The number of rotatable bonds is 6. The van der Waals surface area contributed by atoms with E-state index in [4.69, 9.17) is 9.31 Å². The van der Waals surface area contributed by atoms with Crippen LogP contribution in [0.15, 0.2) is 126 Å². The Balaban J connectivity index is 1.42. The summed E-state index contributed by atoms with van der Waals surface area (Å²) in [6.45, 7) is 8.49. The minimum atomic E-state index is -0.452. The van der Waals surface area contributed by atoms with Crippen molar-refractivity contribution in [2.75, 3.05) is 6.26 Å². The molecule has 0 bridgehead atoms. The lowest BCUT2D eigenvalue weighted by Gasteiger charge is -2.32. The van der Waals surface area contributed by atoms with Gasteiger partial charge in [-0.05, 0) is 130 Å². The number of hydrogen-bond donors (Lipinski definition) is 0. The molecule has 2 nitrogen and oxygen atoms in total. The fourth-order valence-electron chi connectivity index (χ4n) is 7.44. The first-order valence-corrected chi connectivity index (χ1v) is 18.5. The molecule has 0 atom stereocenters. The van der Waals surface area contributed by atoms with E-state index in [1.54, 1.807) is 11.8 Å². The second kappa shape index (κ2) is 12.5. The Morgan fingerprint density at radius 2 is 1.35 bits per heavy atom. The molecule has 0 unspecified atom stereocenters. The van der Waals surface area contributed by atoms with Crippen molar-refractivity contribution in [3.8, 4) is 11.1 Å². The summed E-state index contributed by atoms with van der Waals surface area (Å²) in [5.41, 5.74) is 10.2. The quantitative estimate of drug-likeness (QED) is 0.0769. The van der Waals surface area contributed by atoms with Gasteiger partial charge in [-0.1, -0.05) is 121 Å². The van der Waals surface area contributed by atoms with Gasteiger partial charge >= 0.3 is 7.12 Å². The molecule has 1 fully saturated rings. The molecule has 0 aromatic heterocycles. The van der Waals surface area contributed by atoms with E-state index in [0.29, 0.717) is 0 Å². The van der Waals surface area contributed by atoms with Gasteiger partial charge < -0.3 is 9.31 Å². The SMILES string of the molecule is CSc1c(B2OC(C)(C)C(C)(C)O2)cccc1/C(=C/c1c2ccccc2c(-c2ccccc2)c2ccccc12)c1ccc2c(c1)C=CCC2. The zero-order valence-corrected chi connectivity index (χ0v) is 29.7. The van der Waals surface area contributed by atoms with Crippen molar-refractivity contribution < 1.29 is 9.31 Å². The van der Waals surface area contributed by atoms with Crippen molar-refractivity contribution in [1.82, 2.24) is 0 Å². The van der Waals surface area contributed by atoms with Crippen molar-refractivity contribution in [2.45, 2.75) is 56.6 Å². The molecule has 242 valence electrons. The topological polar surface area (TPSA) is 18.5 Å². The summed E-state index contributed by atoms with van der Waals surface area (Å²) < 4.78 is 13.3. The Morgan fingerprint density at radius 3 is 2.00 bits per heavy atom. The molecule has 1 aliphatic carbocycles. The Morgan fingerprint density at radius 1 is 0.714 bits per heavy atom. The van der Waals surface area contributed by atoms with Crippen LogP contribution in [0.4, 0.5) is 0 Å². The summed E-state index contributed by atoms with van der Waals surface area (Å²) in [5.74, 6) is 0. The average Bonchev–Trinajstić information content (AvgIpc) is 3.35. The Hall–Kier alpha value is -4.35. The van der Waals surface area contributed by atoms with Gasteiger partial charge in [0.25, 0.3) is 0 Å². The van der Waals surface area contributed by atoms with E-state index in [1.807, 2.05) is 0 Å². The summed E-state index contributed by atoms with van der Waals surface area (Å²) in [6.07, 6.45) is 11.4. The van der Waals surface area contributed by atoms with Crippen molar-refractivity contribution >= 4 is 63.6 Å². The minimum absolute atomic E-state index is 0.425. The molecule has 2 aliphatic rings. The monoisotopic (exact) mass is 656 g/mol. The normalized spacial score (nSPS) is 16.8. The summed E-state index contributed by atoms with van der Waals surface area (Å²) in [7, 11) is -0.452. The summed E-state index contributed by atoms with van der Waals surface area (Å²) in [4.78, 5) is 1.18. The number of hydrogen-bond acceptors (Lipinski definition) is 3. The van der Waals surface area contributed by atoms with E-state index in [1.165, 1.54) is 71.0 Å². The van der Waals surface area contributed by atoms with E-state index in [2.05, 4.69) is 167 Å². The predicted molar refractivity (Wildman–Crippen MR) is 212 cm³/mol. The van der Waals surface area contributed by atoms with Crippen LogP contribution < -0.4 is 5.46 Å². The zero-order valence-electron chi connectivity index (χ0n) is 28.9. The highest BCUT2D eigenvalue weighted by molar-refractivity contribution is 7.99. The first-order chi connectivity index (χ1) is 23.8. The van der Waals surface area contributed by atoms with Crippen LogP contribution in [0, 0.1) is 0 Å². The molecule has 0 spiro atoms. The number of allylic oxidation sites excluding steroid dienone is 1. The smallest absolute Gasteiger partial charge is 0.399 e. The second-order valence-electron chi connectivity index (χ2n) is 14.2. The van der Waals surface area contributed by atoms with Crippen molar-refractivity contribution in [3.63, 3.8) is 0 Å². The molecule has 4 heteroatoms. The van der Waals surface area contributed by atoms with E-state index >= 15 is 0 Å². The van der Waals surface area contributed by atoms with Gasteiger partial charge in [-0.3, -0.25) is 0 Å². The number of thioether (sulfide) groups is 1. The zero-order chi connectivity index (χ0) is 33.8. The van der Waals surface area contributed by atoms with Gasteiger partial charge in [0, 0.05) is 4.90 Å². The maximum atomic E-state index is 6.63. The Bertz CT molecular complexity index is 2210. The molecule has 1 aliphatic heterocycles. The Kier molecular flexibility index (Phi) is 8.15. The highest BCUT2D eigenvalue weighted by Crippen LogP contribution is 2.43. The highest BCUT2D eigenvalue weighted by Gasteiger charge is 2.52. The van der Waals surface area contributed by atoms with Crippen LogP contribution in [-0.2, 0) is 15.7 Å². The van der Waals surface area contributed by atoms with Crippen LogP contribution in [0.1, 0.15) is 61.9 Å². The first-order valence-electron chi connectivity index (χ1n) is 17.3. The third-order valence-electron chi connectivity index (χ3n) is 10.7. The summed E-state index contributed by atoms with van der Waals surface area (Å²) >= 11 is 1.76. The van der Waals surface area contributed by atoms with Crippen molar-refractivity contribution in [3.05, 3.63) is 149 Å². The standard InChI is InChI=1S/C45H41BO2S/c1-44(2)45(3,4)48-46(47-44)41-25-15-24-38(43(41)49-5)39(33-27-26-30-16-9-10-19-32(30)28-33)29-40-34-20-11-13-22-36(34)42(31-17-7-6-8-18-31)37-23-14-12-21-35(37)40/h6-8,10-15,17-29H,9,16H2,1-5H3/b39-29+. The van der Waals surface area contributed by atoms with Crippen LogP contribution in [0.2, 0.25) is 0 Å². The van der Waals surface area contributed by atoms with Gasteiger partial charge in [0.1, 0.15) is 0 Å². The van der Waals surface area contributed by atoms with Gasteiger partial charge in [0.2, 0.25) is 0 Å². The molecule has 1 saturated heterocycles. The van der Waals surface area contributed by atoms with Gasteiger partial charge in [-0.25, -0.2) is 0 Å². The minimum Gasteiger partial charge on any atom is -0.399 e. The molecule has 0 saturated carbocycles. The number of fused-ring (bicyclic) bond motifs is 3. The van der Waals surface area contributed by atoms with Gasteiger partial charge in [0.05, 0.1) is 11.2 Å². The predicted octanol–water partition coefficient (Wildman–Crippen LogP) is 11.2. The van der Waals surface area contributed by atoms with Crippen LogP contribution in [-0.4, -0.2) is 24.6 Å². The van der Waals surface area contributed by atoms with Crippen LogP contribution in [0.3, 0.4) is 0 Å². The molecule has 0 radical (unpaired) electrons. The highest BCUT2D eigenvalue weighted by atomic mass is 32.2. The molecule has 0 amide bonds. The Labute approximate surface area is 295 Å². The third kappa shape index (κ3) is 5.57. The van der Waals surface area contributed by atoms with Crippen LogP contribution >= 0.6 is 11.8 Å². The first kappa shape index (κ1) is 31.9. The molecule has 6 aromatic carbocycles. The fraction of sp³-hybridized carbons (Fsp3) is 0.200. The molecule has 1 heterocycles. The lowest BCUT2D eigenvalue weighted by Crippen LogP contribution is -2.41. The average molecular weight is 657 g/mol. The third-order valence-corrected chi connectivity index (χ3v) is 11.6. The molecule has 6 aromatic rings. The summed E-state index contributed by atoms with van der Waals surface area (Å²) in [5, 5.41) is 4.98. The van der Waals surface area contributed by atoms with E-state index in [9.17, 15) is 0 Å².